The van der Waals surface area contributed by atoms with Crippen LogP contribution in [-0.2, 0) is 0 Å². The fourth-order valence-corrected chi connectivity index (χ4v) is 3.05. The number of amides is 1. The van der Waals surface area contributed by atoms with Crippen LogP contribution in [0, 0.1) is 13.8 Å². The van der Waals surface area contributed by atoms with Gasteiger partial charge < -0.3 is 15.8 Å². The van der Waals surface area contributed by atoms with Gasteiger partial charge in [0.2, 0.25) is 0 Å². The molecule has 3 aromatic rings. The van der Waals surface area contributed by atoms with Crippen LogP contribution in [0.25, 0.3) is 0 Å². The van der Waals surface area contributed by atoms with Crippen LogP contribution in [0.1, 0.15) is 20.9 Å². The number of carbonyl (C=O) groups excluding carboxylic acids is 1. The molecule has 1 amide bonds. The second-order valence-electron chi connectivity index (χ2n) is 5.55. The van der Waals surface area contributed by atoms with Crippen molar-refractivity contribution in [1.29, 1.82) is 0 Å². The Hall–Kier alpha value is -3.40. The Morgan fingerprint density at radius 1 is 1.19 bits per heavy atom. The number of rotatable bonds is 6. The first-order chi connectivity index (χ1) is 13.0. The average molecular weight is 385 g/mol. The van der Waals surface area contributed by atoms with E-state index in [9.17, 15) is 4.79 Å². The molecule has 2 aromatic heterocycles. The van der Waals surface area contributed by atoms with Crippen molar-refractivity contribution in [2.75, 3.05) is 23.6 Å². The van der Waals surface area contributed by atoms with Crippen molar-refractivity contribution in [3.63, 3.8) is 0 Å². The second kappa shape index (κ2) is 7.87. The molecule has 0 fully saturated rings. The zero-order valence-corrected chi connectivity index (χ0v) is 15.8. The van der Waals surface area contributed by atoms with Crippen molar-refractivity contribution in [2.45, 2.75) is 13.8 Å². The summed E-state index contributed by atoms with van der Waals surface area (Å²) in [6.45, 7) is 3.92. The van der Waals surface area contributed by atoms with Crippen LogP contribution in [-0.4, -0.2) is 28.0 Å². The van der Waals surface area contributed by atoms with Gasteiger partial charge in [-0.3, -0.25) is 15.6 Å². The number of thiazole rings is 1. The molecule has 27 heavy (non-hydrogen) atoms. The van der Waals surface area contributed by atoms with Crippen molar-refractivity contribution in [3.8, 4) is 5.75 Å². The largest absolute Gasteiger partial charge is 0.496 e. The van der Waals surface area contributed by atoms with Gasteiger partial charge in [-0.25, -0.2) is 15.0 Å². The van der Waals surface area contributed by atoms with E-state index in [1.807, 2.05) is 13.8 Å². The summed E-state index contributed by atoms with van der Waals surface area (Å²) in [4.78, 5) is 26.1. The summed E-state index contributed by atoms with van der Waals surface area (Å²) in [5.41, 5.74) is 13.0. The number of ether oxygens (including phenoxy) is 1. The molecule has 0 aliphatic carbocycles. The number of hydrazine groups is 1. The molecular formula is C17H19N7O2S. The molecule has 2 heterocycles. The first kappa shape index (κ1) is 18.4. The first-order valence-corrected chi connectivity index (χ1v) is 8.82. The van der Waals surface area contributed by atoms with E-state index < -0.39 is 0 Å². The number of nitrogen functional groups attached to an aromatic ring is 1. The van der Waals surface area contributed by atoms with Crippen molar-refractivity contribution in [2.24, 2.45) is 0 Å². The molecule has 0 saturated carbocycles. The standard InChI is InChI=1S/C17H19N7O2S/c1-9-10(2)27-17(21-9)22-14-13(18)15(20-8-19-14)23-24-16(25)11-6-4-5-7-12(11)26-3/h4-8H,18H2,1-3H3,(H,24,25)(H2,19,20,21,22,23). The highest BCUT2D eigenvalue weighted by Crippen LogP contribution is 2.29. The topological polar surface area (TPSA) is 127 Å². The third-order valence-corrected chi connectivity index (χ3v) is 4.77. The van der Waals surface area contributed by atoms with Crippen LogP contribution < -0.4 is 26.6 Å². The summed E-state index contributed by atoms with van der Waals surface area (Å²) in [7, 11) is 1.50. The van der Waals surface area contributed by atoms with Crippen molar-refractivity contribution < 1.29 is 9.53 Å². The van der Waals surface area contributed by atoms with E-state index in [2.05, 4.69) is 31.1 Å². The molecule has 3 rings (SSSR count). The Morgan fingerprint density at radius 2 is 1.93 bits per heavy atom. The lowest BCUT2D eigenvalue weighted by Crippen LogP contribution is -2.30. The molecule has 0 atom stereocenters. The van der Waals surface area contributed by atoms with E-state index >= 15 is 0 Å². The highest BCUT2D eigenvalue weighted by Gasteiger charge is 2.14. The molecule has 0 spiro atoms. The summed E-state index contributed by atoms with van der Waals surface area (Å²) in [6.07, 6.45) is 1.34. The highest BCUT2D eigenvalue weighted by atomic mass is 32.1. The van der Waals surface area contributed by atoms with Gasteiger partial charge in [0.15, 0.2) is 16.8 Å². The smallest absolute Gasteiger partial charge is 0.273 e. The third kappa shape index (κ3) is 4.06. The zero-order valence-electron chi connectivity index (χ0n) is 15.0. The minimum absolute atomic E-state index is 0.253. The van der Waals surface area contributed by atoms with Crippen molar-refractivity contribution in [3.05, 3.63) is 46.7 Å². The van der Waals surface area contributed by atoms with Crippen LogP contribution in [0.4, 0.5) is 22.5 Å². The molecule has 9 nitrogen and oxygen atoms in total. The van der Waals surface area contributed by atoms with Gasteiger partial charge in [0, 0.05) is 4.88 Å². The lowest BCUT2D eigenvalue weighted by molar-refractivity contribution is 0.0959. The van der Waals surface area contributed by atoms with Crippen LogP contribution >= 0.6 is 11.3 Å². The fraction of sp³-hybridized carbons (Fsp3) is 0.176. The van der Waals surface area contributed by atoms with Gasteiger partial charge in [-0.15, -0.1) is 11.3 Å². The molecule has 0 unspecified atom stereocenters. The van der Waals surface area contributed by atoms with Gasteiger partial charge in [0.05, 0.1) is 18.4 Å². The average Bonchev–Trinajstić information content (AvgIpc) is 2.99. The predicted molar refractivity (Wildman–Crippen MR) is 105 cm³/mol. The van der Waals surface area contributed by atoms with E-state index in [4.69, 9.17) is 10.5 Å². The first-order valence-electron chi connectivity index (χ1n) is 8.00. The maximum absolute atomic E-state index is 12.4. The number of benzene rings is 1. The highest BCUT2D eigenvalue weighted by molar-refractivity contribution is 7.15. The normalized spacial score (nSPS) is 10.3. The molecule has 1 aromatic carbocycles. The summed E-state index contributed by atoms with van der Waals surface area (Å²) in [5.74, 6) is 0.740. The molecule has 0 aliphatic heterocycles. The van der Waals surface area contributed by atoms with E-state index in [-0.39, 0.29) is 17.4 Å². The third-order valence-electron chi connectivity index (χ3n) is 3.78. The number of anilines is 4. The van der Waals surface area contributed by atoms with Crippen molar-refractivity contribution >= 4 is 39.7 Å². The number of aromatic nitrogens is 3. The Morgan fingerprint density at radius 3 is 2.63 bits per heavy atom. The molecule has 5 N–H and O–H groups in total. The molecule has 10 heteroatoms. The minimum atomic E-state index is -0.383. The van der Waals surface area contributed by atoms with E-state index in [0.29, 0.717) is 22.3 Å². The van der Waals surface area contributed by atoms with E-state index in [1.54, 1.807) is 24.3 Å². The number of nitrogens with zero attached hydrogens (tertiary/aromatic N) is 3. The van der Waals surface area contributed by atoms with Crippen LogP contribution in [0.5, 0.6) is 5.75 Å². The molecule has 0 bridgehead atoms. The van der Waals surface area contributed by atoms with Gasteiger partial charge in [-0.1, -0.05) is 12.1 Å². The zero-order chi connectivity index (χ0) is 19.4. The lowest BCUT2D eigenvalue weighted by atomic mass is 10.2. The van der Waals surface area contributed by atoms with Crippen LogP contribution in [0.15, 0.2) is 30.6 Å². The minimum Gasteiger partial charge on any atom is -0.496 e. The Kier molecular flexibility index (Phi) is 5.36. The van der Waals surface area contributed by atoms with Crippen molar-refractivity contribution in [1.82, 2.24) is 20.4 Å². The van der Waals surface area contributed by atoms with Gasteiger partial charge in [0.1, 0.15) is 17.8 Å². The molecule has 0 radical (unpaired) electrons. The Bertz CT molecular complexity index is 954. The number of nitrogens with two attached hydrogens (primary N) is 1. The van der Waals surface area contributed by atoms with E-state index in [1.165, 1.54) is 24.8 Å². The fourth-order valence-electron chi connectivity index (χ4n) is 2.24. The van der Waals surface area contributed by atoms with E-state index in [0.717, 1.165) is 10.6 Å². The SMILES string of the molecule is COc1ccccc1C(=O)NNc1ncnc(Nc2nc(C)c(C)s2)c1N. The number of nitrogens with one attached hydrogen (secondary N) is 3. The maximum atomic E-state index is 12.4. The monoisotopic (exact) mass is 385 g/mol. The molecule has 140 valence electrons. The molecular weight excluding hydrogens is 366 g/mol. The number of hydrogen-bond acceptors (Lipinski definition) is 9. The van der Waals surface area contributed by atoms with Crippen LogP contribution in [0.3, 0.4) is 0 Å². The summed E-state index contributed by atoms with van der Waals surface area (Å²) in [5, 5.41) is 3.75. The molecule has 0 aliphatic rings. The number of aryl methyl sites for hydroxylation is 2. The lowest BCUT2D eigenvalue weighted by Gasteiger charge is -2.13. The summed E-state index contributed by atoms with van der Waals surface area (Å²) in [6, 6.07) is 6.88. The van der Waals surface area contributed by atoms with Gasteiger partial charge in [-0.2, -0.15) is 0 Å². The second-order valence-corrected chi connectivity index (χ2v) is 6.75. The Labute approximate surface area is 160 Å². The molecule has 0 saturated heterocycles. The number of para-hydroxylation sites is 1. The van der Waals surface area contributed by atoms with Gasteiger partial charge in [0.25, 0.3) is 5.91 Å². The van der Waals surface area contributed by atoms with Gasteiger partial charge in [-0.05, 0) is 26.0 Å². The Balaban J connectivity index is 1.73. The summed E-state index contributed by atoms with van der Waals surface area (Å²) >= 11 is 1.50. The maximum Gasteiger partial charge on any atom is 0.273 e. The number of hydrogen-bond donors (Lipinski definition) is 4. The number of methoxy groups -OCH3 is 1. The van der Waals surface area contributed by atoms with Crippen LogP contribution in [0.2, 0.25) is 0 Å². The quantitative estimate of drug-likeness (QED) is 0.477. The number of carbonyl (C=O) groups is 1. The van der Waals surface area contributed by atoms with Gasteiger partial charge >= 0.3 is 0 Å². The summed E-state index contributed by atoms with van der Waals surface area (Å²) < 4.78 is 5.18. The predicted octanol–water partition coefficient (Wildman–Crippen LogP) is 2.64.